The average molecular weight is 239 g/mol. The molecule has 0 aromatic heterocycles. The fourth-order valence-corrected chi connectivity index (χ4v) is 1.25. The van der Waals surface area contributed by atoms with Crippen molar-refractivity contribution in [2.24, 2.45) is 0 Å². The summed E-state index contributed by atoms with van der Waals surface area (Å²) >= 11 is 5.69. The van der Waals surface area contributed by atoms with Crippen molar-refractivity contribution in [3.63, 3.8) is 0 Å². The van der Waals surface area contributed by atoms with E-state index in [1.807, 2.05) is 0 Å². The number of nitrogens with one attached hydrogen (secondary N) is 1. The Bertz CT molecular complexity index is 363. The van der Waals surface area contributed by atoms with Crippen LogP contribution in [0.3, 0.4) is 0 Å². The first kappa shape index (κ1) is 12.0. The number of hydrogen-bond donors (Lipinski definition) is 2. The monoisotopic (exact) mass is 238 g/mol. The minimum absolute atomic E-state index is 0.241. The Morgan fingerprint density at radius 1 is 1.40 bits per heavy atom. The van der Waals surface area contributed by atoms with Gasteiger partial charge in [-0.1, -0.05) is 11.6 Å². The minimum atomic E-state index is -4.25. The van der Waals surface area contributed by atoms with E-state index in [-0.39, 0.29) is 5.02 Å². The van der Waals surface area contributed by atoms with Crippen LogP contribution in [0.5, 0.6) is 0 Å². The Labute approximate surface area is 90.2 Å². The summed E-state index contributed by atoms with van der Waals surface area (Å²) < 4.78 is 35.8. The lowest BCUT2D eigenvalue weighted by molar-refractivity contribution is -0.115. The van der Waals surface area contributed by atoms with E-state index in [2.05, 4.69) is 5.32 Å². The maximum absolute atomic E-state index is 11.9. The van der Waals surface area contributed by atoms with Crippen LogP contribution in [-0.4, -0.2) is 12.7 Å². The SMILES string of the molecule is Cc1cc(N)c(Cl)cc1NCC(F)(F)F. The fourth-order valence-electron chi connectivity index (χ4n) is 1.09. The molecule has 0 aliphatic rings. The second-order valence-electron chi connectivity index (χ2n) is 3.16. The molecule has 1 rings (SSSR count). The average Bonchev–Trinajstić information content (AvgIpc) is 2.07. The normalized spacial score (nSPS) is 11.5. The van der Waals surface area contributed by atoms with Crippen LogP contribution in [-0.2, 0) is 0 Å². The van der Waals surface area contributed by atoms with E-state index in [1.54, 1.807) is 6.92 Å². The Hall–Kier alpha value is -1.10. The van der Waals surface area contributed by atoms with Crippen LogP contribution in [0, 0.1) is 6.92 Å². The van der Waals surface area contributed by atoms with Crippen molar-refractivity contribution >= 4 is 23.0 Å². The van der Waals surface area contributed by atoms with E-state index < -0.39 is 12.7 Å². The minimum Gasteiger partial charge on any atom is -0.398 e. The molecule has 0 fully saturated rings. The summed E-state index contributed by atoms with van der Waals surface area (Å²) in [5.41, 5.74) is 6.81. The van der Waals surface area contributed by atoms with Crippen molar-refractivity contribution < 1.29 is 13.2 Å². The second kappa shape index (κ2) is 4.18. The van der Waals surface area contributed by atoms with Crippen LogP contribution in [0.1, 0.15) is 5.56 Å². The second-order valence-corrected chi connectivity index (χ2v) is 3.56. The zero-order valence-corrected chi connectivity index (χ0v) is 8.71. The summed E-state index contributed by atoms with van der Waals surface area (Å²) in [6.07, 6.45) is -4.25. The van der Waals surface area contributed by atoms with Gasteiger partial charge in [-0.15, -0.1) is 0 Å². The molecule has 0 radical (unpaired) electrons. The molecule has 0 aliphatic carbocycles. The summed E-state index contributed by atoms with van der Waals surface area (Å²) in [5, 5.41) is 2.50. The quantitative estimate of drug-likeness (QED) is 0.777. The number of benzene rings is 1. The molecule has 1 aromatic rings. The molecule has 0 aliphatic heterocycles. The van der Waals surface area contributed by atoms with Crippen LogP contribution in [0.2, 0.25) is 5.02 Å². The smallest absolute Gasteiger partial charge is 0.398 e. The third kappa shape index (κ3) is 3.51. The summed E-state index contributed by atoms with van der Waals surface area (Å²) in [5.74, 6) is 0. The molecular weight excluding hydrogens is 229 g/mol. The molecule has 0 spiro atoms. The number of hydrogen-bond acceptors (Lipinski definition) is 2. The first-order valence-electron chi connectivity index (χ1n) is 4.16. The summed E-state index contributed by atoms with van der Waals surface area (Å²) in [6.45, 7) is 0.569. The maximum Gasteiger partial charge on any atom is 0.405 e. The summed E-state index contributed by atoms with van der Waals surface area (Å²) in [6, 6.07) is 2.92. The molecule has 3 N–H and O–H groups in total. The van der Waals surface area contributed by atoms with Gasteiger partial charge in [0.05, 0.1) is 10.7 Å². The van der Waals surface area contributed by atoms with Crippen molar-refractivity contribution in [1.82, 2.24) is 0 Å². The van der Waals surface area contributed by atoms with Gasteiger partial charge in [-0.3, -0.25) is 0 Å². The van der Waals surface area contributed by atoms with E-state index in [4.69, 9.17) is 17.3 Å². The molecule has 0 unspecified atom stereocenters. The highest BCUT2D eigenvalue weighted by atomic mass is 35.5. The van der Waals surface area contributed by atoms with Crippen LogP contribution < -0.4 is 11.1 Å². The van der Waals surface area contributed by atoms with Gasteiger partial charge in [0.1, 0.15) is 6.54 Å². The predicted octanol–water partition coefficient (Wildman–Crippen LogP) is 3.20. The van der Waals surface area contributed by atoms with Crippen molar-refractivity contribution in [2.75, 3.05) is 17.6 Å². The van der Waals surface area contributed by atoms with Gasteiger partial charge < -0.3 is 11.1 Å². The van der Waals surface area contributed by atoms with Crippen molar-refractivity contribution in [3.05, 3.63) is 22.7 Å². The molecule has 0 amide bonds. The highest BCUT2D eigenvalue weighted by molar-refractivity contribution is 6.33. The lowest BCUT2D eigenvalue weighted by Crippen LogP contribution is -2.21. The first-order chi connectivity index (χ1) is 6.79. The largest absolute Gasteiger partial charge is 0.405 e. The van der Waals surface area contributed by atoms with Crippen LogP contribution in [0.25, 0.3) is 0 Å². The third-order valence-electron chi connectivity index (χ3n) is 1.82. The van der Waals surface area contributed by atoms with E-state index in [0.29, 0.717) is 16.9 Å². The molecular formula is C9H10ClF3N2. The zero-order chi connectivity index (χ0) is 11.6. The number of aryl methyl sites for hydroxylation is 1. The highest BCUT2D eigenvalue weighted by Crippen LogP contribution is 2.27. The fraction of sp³-hybridized carbons (Fsp3) is 0.333. The molecule has 2 nitrogen and oxygen atoms in total. The Kier molecular flexibility index (Phi) is 3.34. The lowest BCUT2D eigenvalue weighted by Gasteiger charge is -2.13. The Morgan fingerprint density at radius 2 is 2.00 bits per heavy atom. The zero-order valence-electron chi connectivity index (χ0n) is 7.95. The molecule has 0 bridgehead atoms. The molecule has 1 aromatic carbocycles. The predicted molar refractivity (Wildman–Crippen MR) is 55.1 cm³/mol. The van der Waals surface area contributed by atoms with Crippen molar-refractivity contribution in [3.8, 4) is 0 Å². The van der Waals surface area contributed by atoms with Gasteiger partial charge in [0.15, 0.2) is 0 Å². The molecule has 0 atom stereocenters. The maximum atomic E-state index is 11.9. The summed E-state index contributed by atoms with van der Waals surface area (Å²) in [7, 11) is 0. The summed E-state index contributed by atoms with van der Waals surface area (Å²) in [4.78, 5) is 0. The molecule has 0 saturated carbocycles. The van der Waals surface area contributed by atoms with E-state index in [1.165, 1.54) is 12.1 Å². The highest BCUT2D eigenvalue weighted by Gasteiger charge is 2.26. The van der Waals surface area contributed by atoms with Crippen molar-refractivity contribution in [1.29, 1.82) is 0 Å². The molecule has 6 heteroatoms. The van der Waals surface area contributed by atoms with Crippen molar-refractivity contribution in [2.45, 2.75) is 13.1 Å². The molecule has 84 valence electrons. The molecule has 0 saturated heterocycles. The van der Waals surface area contributed by atoms with E-state index in [0.717, 1.165) is 0 Å². The number of halogens is 4. The Balaban J connectivity index is 2.82. The van der Waals surface area contributed by atoms with Crippen LogP contribution in [0.4, 0.5) is 24.5 Å². The van der Waals surface area contributed by atoms with Crippen LogP contribution >= 0.6 is 11.6 Å². The Morgan fingerprint density at radius 3 is 2.53 bits per heavy atom. The molecule has 0 heterocycles. The van der Waals surface area contributed by atoms with Gasteiger partial charge in [0.2, 0.25) is 0 Å². The number of nitrogens with two attached hydrogens (primary N) is 1. The topological polar surface area (TPSA) is 38.0 Å². The molecule has 15 heavy (non-hydrogen) atoms. The van der Waals surface area contributed by atoms with Gasteiger partial charge in [-0.2, -0.15) is 13.2 Å². The third-order valence-corrected chi connectivity index (χ3v) is 2.15. The van der Waals surface area contributed by atoms with Gasteiger partial charge in [-0.25, -0.2) is 0 Å². The lowest BCUT2D eigenvalue weighted by atomic mass is 10.2. The first-order valence-corrected chi connectivity index (χ1v) is 4.53. The number of rotatable bonds is 2. The number of alkyl halides is 3. The van der Waals surface area contributed by atoms with Crippen LogP contribution in [0.15, 0.2) is 12.1 Å². The van der Waals surface area contributed by atoms with Gasteiger partial charge in [0.25, 0.3) is 0 Å². The van der Waals surface area contributed by atoms with E-state index in [9.17, 15) is 13.2 Å². The standard InChI is InChI=1S/C9H10ClF3N2/c1-5-2-7(14)6(10)3-8(5)15-4-9(11,12)13/h2-3,15H,4,14H2,1H3. The van der Waals surface area contributed by atoms with Gasteiger partial charge >= 0.3 is 6.18 Å². The van der Waals surface area contributed by atoms with E-state index >= 15 is 0 Å². The van der Waals surface area contributed by atoms with Gasteiger partial charge in [-0.05, 0) is 24.6 Å². The number of nitrogen functional groups attached to an aromatic ring is 1. The van der Waals surface area contributed by atoms with Gasteiger partial charge in [0, 0.05) is 5.69 Å². The number of anilines is 2.